The number of rotatable bonds is 3. The van der Waals surface area contributed by atoms with Gasteiger partial charge < -0.3 is 14.4 Å². The Balaban J connectivity index is 1.69. The molecule has 2 atom stereocenters. The summed E-state index contributed by atoms with van der Waals surface area (Å²) in [6, 6.07) is 0. The molecular weight excluding hydrogens is 216 g/mol. The van der Waals surface area contributed by atoms with Crippen LogP contribution in [0.4, 0.5) is 0 Å². The largest absolute Gasteiger partial charge is 0.391 e. The third-order valence-electron chi connectivity index (χ3n) is 4.00. The highest BCUT2D eigenvalue weighted by molar-refractivity contribution is 5.16. The van der Waals surface area contributed by atoms with Crippen LogP contribution in [0.25, 0.3) is 0 Å². The number of aromatic nitrogens is 2. The molecule has 94 valence electrons. The normalized spacial score (nSPS) is 25.8. The molecule has 1 aliphatic heterocycles. The van der Waals surface area contributed by atoms with Gasteiger partial charge in [0.15, 0.2) is 0 Å². The Kier molecular flexibility index (Phi) is 3.16. The van der Waals surface area contributed by atoms with Crippen molar-refractivity contribution in [1.29, 1.82) is 0 Å². The van der Waals surface area contributed by atoms with Gasteiger partial charge in [0.1, 0.15) is 0 Å². The molecule has 4 heteroatoms. The van der Waals surface area contributed by atoms with Gasteiger partial charge in [0.2, 0.25) is 0 Å². The molecule has 0 aromatic carbocycles. The summed E-state index contributed by atoms with van der Waals surface area (Å²) in [4.78, 5) is 4.46. The van der Waals surface area contributed by atoms with Gasteiger partial charge in [-0.25, -0.2) is 4.98 Å². The molecule has 3 rings (SSSR count). The number of hydrogen-bond acceptors (Lipinski definition) is 3. The summed E-state index contributed by atoms with van der Waals surface area (Å²) in [5.41, 5.74) is 2.58. The average molecular weight is 236 g/mol. The predicted molar refractivity (Wildman–Crippen MR) is 63.8 cm³/mol. The van der Waals surface area contributed by atoms with Crippen molar-refractivity contribution in [3.63, 3.8) is 0 Å². The fourth-order valence-corrected chi connectivity index (χ4v) is 2.90. The maximum atomic E-state index is 10.2. The van der Waals surface area contributed by atoms with E-state index in [1.165, 1.54) is 24.2 Å². The summed E-state index contributed by atoms with van der Waals surface area (Å²) in [7, 11) is 0. The summed E-state index contributed by atoms with van der Waals surface area (Å²) in [6.45, 7) is 2.18. The third-order valence-corrected chi connectivity index (χ3v) is 4.00. The first-order valence-electron chi connectivity index (χ1n) is 6.63. The van der Waals surface area contributed by atoms with Crippen molar-refractivity contribution in [3.05, 3.63) is 17.7 Å². The van der Waals surface area contributed by atoms with Crippen LogP contribution in [-0.4, -0.2) is 34.0 Å². The zero-order chi connectivity index (χ0) is 11.7. The Morgan fingerprint density at radius 3 is 3.18 bits per heavy atom. The van der Waals surface area contributed by atoms with Crippen LogP contribution in [0.15, 0.2) is 6.33 Å². The first-order chi connectivity index (χ1) is 8.34. The van der Waals surface area contributed by atoms with E-state index >= 15 is 0 Å². The first-order valence-corrected chi connectivity index (χ1v) is 6.63. The Hall–Kier alpha value is -0.870. The number of ether oxygens (including phenoxy) is 1. The van der Waals surface area contributed by atoms with Crippen LogP contribution in [0.2, 0.25) is 0 Å². The lowest BCUT2D eigenvalue weighted by Gasteiger charge is -2.20. The highest BCUT2D eigenvalue weighted by atomic mass is 16.5. The smallest absolute Gasteiger partial charge is 0.0952 e. The summed E-state index contributed by atoms with van der Waals surface area (Å²) >= 11 is 0. The second-order valence-corrected chi connectivity index (χ2v) is 5.19. The second kappa shape index (κ2) is 4.78. The number of fused-ring (bicyclic) bond motifs is 1. The molecule has 2 heterocycles. The standard InChI is InChI=1S/C13H20N2O2/c16-13(10-5-6-17-8-10)7-15-9-14-11-3-1-2-4-12(11)15/h9-10,13,16H,1-8H2. The van der Waals surface area contributed by atoms with Crippen molar-refractivity contribution < 1.29 is 9.84 Å². The molecule has 1 aromatic heterocycles. The lowest BCUT2D eigenvalue weighted by molar-refractivity contribution is 0.0770. The summed E-state index contributed by atoms with van der Waals surface area (Å²) in [6.07, 6.45) is 7.31. The summed E-state index contributed by atoms with van der Waals surface area (Å²) in [5.74, 6) is 0.302. The summed E-state index contributed by atoms with van der Waals surface area (Å²) in [5, 5.41) is 10.2. The number of aliphatic hydroxyl groups is 1. The van der Waals surface area contributed by atoms with Crippen molar-refractivity contribution in [2.24, 2.45) is 5.92 Å². The molecule has 1 aliphatic carbocycles. The van der Waals surface area contributed by atoms with Crippen molar-refractivity contribution in [1.82, 2.24) is 9.55 Å². The molecular formula is C13H20N2O2. The molecule has 2 aliphatic rings. The van der Waals surface area contributed by atoms with Gasteiger partial charge >= 0.3 is 0 Å². The molecule has 0 radical (unpaired) electrons. The van der Waals surface area contributed by atoms with Crippen LogP contribution in [0, 0.1) is 5.92 Å². The van der Waals surface area contributed by atoms with Crippen molar-refractivity contribution in [2.45, 2.75) is 44.8 Å². The van der Waals surface area contributed by atoms with Gasteiger partial charge in [-0.3, -0.25) is 0 Å². The molecule has 0 amide bonds. The monoisotopic (exact) mass is 236 g/mol. The molecule has 0 bridgehead atoms. The minimum absolute atomic E-state index is 0.294. The van der Waals surface area contributed by atoms with E-state index in [1.807, 2.05) is 6.33 Å². The van der Waals surface area contributed by atoms with E-state index in [0.29, 0.717) is 19.1 Å². The van der Waals surface area contributed by atoms with E-state index in [2.05, 4.69) is 9.55 Å². The number of aliphatic hydroxyl groups excluding tert-OH is 1. The van der Waals surface area contributed by atoms with Crippen LogP contribution in [0.1, 0.15) is 30.7 Å². The predicted octanol–water partition coefficient (Wildman–Crippen LogP) is 1.16. The van der Waals surface area contributed by atoms with Gasteiger partial charge in [0.05, 0.1) is 31.3 Å². The van der Waals surface area contributed by atoms with Gasteiger partial charge in [0.25, 0.3) is 0 Å². The van der Waals surface area contributed by atoms with E-state index in [4.69, 9.17) is 4.74 Å². The van der Waals surface area contributed by atoms with Crippen LogP contribution in [0.5, 0.6) is 0 Å². The van der Waals surface area contributed by atoms with Gasteiger partial charge in [-0.05, 0) is 32.1 Å². The highest BCUT2D eigenvalue weighted by Crippen LogP contribution is 2.22. The van der Waals surface area contributed by atoms with Crippen LogP contribution in [0.3, 0.4) is 0 Å². The molecule has 4 nitrogen and oxygen atoms in total. The van der Waals surface area contributed by atoms with Crippen LogP contribution >= 0.6 is 0 Å². The molecule has 0 saturated carbocycles. The maximum Gasteiger partial charge on any atom is 0.0952 e. The highest BCUT2D eigenvalue weighted by Gasteiger charge is 2.25. The molecule has 1 fully saturated rings. The van der Waals surface area contributed by atoms with Gasteiger partial charge in [-0.15, -0.1) is 0 Å². The van der Waals surface area contributed by atoms with Gasteiger partial charge in [-0.2, -0.15) is 0 Å². The zero-order valence-corrected chi connectivity index (χ0v) is 10.1. The van der Waals surface area contributed by atoms with E-state index in [0.717, 1.165) is 25.9 Å². The Morgan fingerprint density at radius 2 is 2.35 bits per heavy atom. The number of nitrogens with zero attached hydrogens (tertiary/aromatic N) is 2. The lowest BCUT2D eigenvalue weighted by atomic mass is 9.99. The third kappa shape index (κ3) is 2.24. The molecule has 1 N–H and O–H groups in total. The molecule has 1 saturated heterocycles. The molecule has 17 heavy (non-hydrogen) atoms. The lowest BCUT2D eigenvalue weighted by Crippen LogP contribution is -2.27. The number of imidazole rings is 1. The Bertz CT molecular complexity index is 383. The van der Waals surface area contributed by atoms with Gasteiger partial charge in [-0.1, -0.05) is 0 Å². The molecule has 0 spiro atoms. The zero-order valence-electron chi connectivity index (χ0n) is 10.1. The number of aryl methyl sites for hydroxylation is 1. The first kappa shape index (κ1) is 11.2. The van der Waals surface area contributed by atoms with E-state index in [-0.39, 0.29) is 6.10 Å². The van der Waals surface area contributed by atoms with Crippen molar-refractivity contribution >= 4 is 0 Å². The fourth-order valence-electron chi connectivity index (χ4n) is 2.90. The van der Waals surface area contributed by atoms with Gasteiger partial charge in [0, 0.05) is 18.2 Å². The Morgan fingerprint density at radius 1 is 1.47 bits per heavy atom. The van der Waals surface area contributed by atoms with E-state index in [9.17, 15) is 5.11 Å². The topological polar surface area (TPSA) is 47.3 Å². The van der Waals surface area contributed by atoms with E-state index < -0.39 is 0 Å². The number of hydrogen-bond donors (Lipinski definition) is 1. The average Bonchev–Trinajstić information content (AvgIpc) is 2.98. The second-order valence-electron chi connectivity index (χ2n) is 5.19. The SMILES string of the molecule is OC(Cn1cnc2c1CCCC2)C1CCOC1. The minimum atomic E-state index is -0.294. The van der Waals surface area contributed by atoms with Crippen molar-refractivity contribution in [2.75, 3.05) is 13.2 Å². The molecule has 2 unspecified atom stereocenters. The quantitative estimate of drug-likeness (QED) is 0.856. The molecule has 1 aromatic rings. The fraction of sp³-hybridized carbons (Fsp3) is 0.769. The minimum Gasteiger partial charge on any atom is -0.391 e. The van der Waals surface area contributed by atoms with Crippen LogP contribution < -0.4 is 0 Å². The van der Waals surface area contributed by atoms with E-state index in [1.54, 1.807) is 0 Å². The maximum absolute atomic E-state index is 10.2. The summed E-state index contributed by atoms with van der Waals surface area (Å²) < 4.78 is 7.48. The van der Waals surface area contributed by atoms with Crippen molar-refractivity contribution in [3.8, 4) is 0 Å². The van der Waals surface area contributed by atoms with Crippen LogP contribution in [-0.2, 0) is 24.1 Å². The Labute approximate surface area is 102 Å².